The standard InChI is InChI=1S/C26H25FN2O6/c27-21-8-12-23(13-9-21)35-22-10-6-19(7-11-22)16-25(30)24(28-26(31)14-15-29(32)33)18-34-17-20-4-2-1-3-5-20/h1-13,24H,14-18H2,(H,28,31)/t24-/m0/s1. The van der Waals surface area contributed by atoms with Gasteiger partial charge in [-0.15, -0.1) is 0 Å². The smallest absolute Gasteiger partial charge is 0.227 e. The number of nitrogens with one attached hydrogen (secondary N) is 1. The van der Waals surface area contributed by atoms with E-state index in [1.54, 1.807) is 24.3 Å². The normalized spacial score (nSPS) is 11.5. The predicted octanol–water partition coefficient (Wildman–Crippen LogP) is 4.10. The molecule has 0 fully saturated rings. The van der Waals surface area contributed by atoms with Gasteiger partial charge in [-0.05, 0) is 47.5 Å². The fraction of sp³-hybridized carbons (Fsp3) is 0.231. The van der Waals surface area contributed by atoms with Crippen LogP contribution in [0, 0.1) is 15.9 Å². The second-order valence-corrected chi connectivity index (χ2v) is 7.77. The number of benzene rings is 3. The number of hydrogen-bond donors (Lipinski definition) is 1. The molecule has 1 atom stereocenters. The Hall–Kier alpha value is -4.11. The Morgan fingerprint density at radius 3 is 2.17 bits per heavy atom. The molecule has 3 rings (SSSR count). The third-order valence-corrected chi connectivity index (χ3v) is 4.99. The number of halogens is 1. The van der Waals surface area contributed by atoms with E-state index in [0.29, 0.717) is 17.1 Å². The highest BCUT2D eigenvalue weighted by Crippen LogP contribution is 2.22. The Kier molecular flexibility index (Phi) is 9.44. The van der Waals surface area contributed by atoms with Crippen LogP contribution in [0.2, 0.25) is 0 Å². The fourth-order valence-electron chi connectivity index (χ4n) is 3.18. The van der Waals surface area contributed by atoms with Crippen LogP contribution in [0.4, 0.5) is 4.39 Å². The van der Waals surface area contributed by atoms with Gasteiger partial charge < -0.3 is 14.8 Å². The maximum Gasteiger partial charge on any atom is 0.227 e. The summed E-state index contributed by atoms with van der Waals surface area (Å²) < 4.78 is 24.3. The second-order valence-electron chi connectivity index (χ2n) is 7.77. The van der Waals surface area contributed by atoms with E-state index in [-0.39, 0.29) is 37.7 Å². The quantitative estimate of drug-likeness (QED) is 0.292. The number of carbonyl (C=O) groups excluding carboxylic acids is 2. The van der Waals surface area contributed by atoms with Gasteiger partial charge in [0.25, 0.3) is 0 Å². The van der Waals surface area contributed by atoms with E-state index in [4.69, 9.17) is 9.47 Å². The van der Waals surface area contributed by atoms with Crippen LogP contribution in [0.5, 0.6) is 11.5 Å². The number of rotatable bonds is 13. The van der Waals surface area contributed by atoms with Gasteiger partial charge in [0, 0.05) is 11.3 Å². The third-order valence-electron chi connectivity index (χ3n) is 4.99. The summed E-state index contributed by atoms with van der Waals surface area (Å²) in [5.74, 6) is -0.253. The van der Waals surface area contributed by atoms with Crippen molar-refractivity contribution < 1.29 is 28.4 Å². The minimum absolute atomic E-state index is 0.0196. The first kappa shape index (κ1) is 25.5. The lowest BCUT2D eigenvalue weighted by atomic mass is 10.0. The number of hydrogen-bond acceptors (Lipinski definition) is 6. The summed E-state index contributed by atoms with van der Waals surface area (Å²) in [6.07, 6.45) is -0.309. The SMILES string of the molecule is O=C(CC[N+](=O)[O-])N[C@@H](COCc1ccccc1)C(=O)Cc1ccc(Oc2ccc(F)cc2)cc1. The number of nitrogens with zero attached hydrogens (tertiary/aromatic N) is 1. The molecule has 8 nitrogen and oxygen atoms in total. The van der Waals surface area contributed by atoms with Gasteiger partial charge in [-0.3, -0.25) is 19.7 Å². The Morgan fingerprint density at radius 1 is 0.914 bits per heavy atom. The van der Waals surface area contributed by atoms with Crippen LogP contribution in [-0.4, -0.2) is 35.8 Å². The van der Waals surface area contributed by atoms with Gasteiger partial charge in [-0.25, -0.2) is 4.39 Å². The van der Waals surface area contributed by atoms with Gasteiger partial charge >= 0.3 is 0 Å². The molecule has 0 aliphatic rings. The first-order valence-corrected chi connectivity index (χ1v) is 11.0. The van der Waals surface area contributed by atoms with Crippen LogP contribution in [0.25, 0.3) is 0 Å². The highest BCUT2D eigenvalue weighted by Gasteiger charge is 2.22. The Bertz CT molecular complexity index is 1120. The zero-order valence-electron chi connectivity index (χ0n) is 18.9. The van der Waals surface area contributed by atoms with E-state index in [1.165, 1.54) is 24.3 Å². The van der Waals surface area contributed by atoms with Crippen molar-refractivity contribution in [3.8, 4) is 11.5 Å². The minimum Gasteiger partial charge on any atom is -0.457 e. The van der Waals surface area contributed by atoms with Crippen LogP contribution in [0.15, 0.2) is 78.9 Å². The molecular formula is C26H25FN2O6. The molecule has 0 saturated carbocycles. The summed E-state index contributed by atoms with van der Waals surface area (Å²) in [6, 6.07) is 20.8. The summed E-state index contributed by atoms with van der Waals surface area (Å²) in [5, 5.41) is 13.1. The first-order chi connectivity index (χ1) is 16.9. The summed E-state index contributed by atoms with van der Waals surface area (Å²) in [4.78, 5) is 35.0. The molecule has 3 aromatic rings. The molecule has 0 spiro atoms. The number of ether oxygens (including phenoxy) is 2. The van der Waals surface area contributed by atoms with Crippen LogP contribution >= 0.6 is 0 Å². The van der Waals surface area contributed by atoms with E-state index in [2.05, 4.69) is 5.32 Å². The fourth-order valence-corrected chi connectivity index (χ4v) is 3.18. The highest BCUT2D eigenvalue weighted by molar-refractivity contribution is 5.90. The average Bonchev–Trinajstić information content (AvgIpc) is 2.85. The molecule has 0 heterocycles. The van der Waals surface area contributed by atoms with Gasteiger partial charge in [0.15, 0.2) is 5.78 Å². The lowest BCUT2D eigenvalue weighted by molar-refractivity contribution is -0.478. The van der Waals surface area contributed by atoms with Gasteiger partial charge in [0.05, 0.1) is 19.6 Å². The van der Waals surface area contributed by atoms with Crippen molar-refractivity contribution in [2.45, 2.75) is 25.5 Å². The topological polar surface area (TPSA) is 108 Å². The monoisotopic (exact) mass is 480 g/mol. The molecule has 0 aliphatic heterocycles. The van der Waals surface area contributed by atoms with Crippen LogP contribution in [-0.2, 0) is 27.4 Å². The van der Waals surface area contributed by atoms with E-state index in [9.17, 15) is 24.1 Å². The van der Waals surface area contributed by atoms with Crippen molar-refractivity contribution in [2.24, 2.45) is 0 Å². The number of amides is 1. The molecule has 9 heteroatoms. The lowest BCUT2D eigenvalue weighted by Crippen LogP contribution is -2.45. The van der Waals surface area contributed by atoms with E-state index >= 15 is 0 Å². The number of nitro groups is 1. The maximum atomic E-state index is 13.0. The number of carbonyl (C=O) groups is 2. The van der Waals surface area contributed by atoms with Crippen LogP contribution in [0.3, 0.4) is 0 Å². The van der Waals surface area contributed by atoms with Crippen molar-refractivity contribution in [3.63, 3.8) is 0 Å². The summed E-state index contributed by atoms with van der Waals surface area (Å²) in [7, 11) is 0. The molecule has 1 N–H and O–H groups in total. The van der Waals surface area contributed by atoms with Crippen LogP contribution in [0.1, 0.15) is 17.5 Å². The predicted molar refractivity (Wildman–Crippen MR) is 126 cm³/mol. The van der Waals surface area contributed by atoms with Crippen molar-refractivity contribution in [3.05, 3.63) is 106 Å². The Labute approximate surface area is 201 Å². The molecule has 0 unspecified atom stereocenters. The first-order valence-electron chi connectivity index (χ1n) is 11.0. The molecule has 1 amide bonds. The molecule has 35 heavy (non-hydrogen) atoms. The average molecular weight is 480 g/mol. The minimum atomic E-state index is -0.951. The zero-order chi connectivity index (χ0) is 25.0. The number of Topliss-reactive ketones (excluding diaryl/α,β-unsaturated/α-hetero) is 1. The van der Waals surface area contributed by atoms with E-state index in [0.717, 1.165) is 5.56 Å². The molecular weight excluding hydrogens is 455 g/mol. The summed E-state index contributed by atoms with van der Waals surface area (Å²) >= 11 is 0. The summed E-state index contributed by atoms with van der Waals surface area (Å²) in [5.41, 5.74) is 1.60. The van der Waals surface area contributed by atoms with Crippen LogP contribution < -0.4 is 10.1 Å². The molecule has 0 bridgehead atoms. The van der Waals surface area contributed by atoms with Crippen molar-refractivity contribution in [1.82, 2.24) is 5.32 Å². The van der Waals surface area contributed by atoms with Gasteiger partial charge in [-0.2, -0.15) is 0 Å². The molecule has 3 aromatic carbocycles. The van der Waals surface area contributed by atoms with E-state index < -0.39 is 23.4 Å². The third kappa shape index (κ3) is 8.98. The maximum absolute atomic E-state index is 13.0. The molecule has 0 saturated heterocycles. The highest BCUT2D eigenvalue weighted by atomic mass is 19.1. The van der Waals surface area contributed by atoms with Crippen molar-refractivity contribution >= 4 is 11.7 Å². The second kappa shape index (κ2) is 13.0. The molecule has 0 aliphatic carbocycles. The number of ketones is 1. The van der Waals surface area contributed by atoms with E-state index in [1.807, 2.05) is 30.3 Å². The van der Waals surface area contributed by atoms with Gasteiger partial charge in [0.1, 0.15) is 23.4 Å². The molecule has 182 valence electrons. The molecule has 0 aromatic heterocycles. The van der Waals surface area contributed by atoms with Gasteiger partial charge in [-0.1, -0.05) is 42.5 Å². The van der Waals surface area contributed by atoms with Gasteiger partial charge in [0.2, 0.25) is 12.5 Å². The van der Waals surface area contributed by atoms with Crippen molar-refractivity contribution in [2.75, 3.05) is 13.2 Å². The lowest BCUT2D eigenvalue weighted by Gasteiger charge is -2.18. The van der Waals surface area contributed by atoms with Crippen molar-refractivity contribution in [1.29, 1.82) is 0 Å². The Balaban J connectivity index is 1.59. The molecule has 0 radical (unpaired) electrons. The zero-order valence-corrected chi connectivity index (χ0v) is 18.9. The Morgan fingerprint density at radius 2 is 1.54 bits per heavy atom. The largest absolute Gasteiger partial charge is 0.457 e. The summed E-state index contributed by atoms with van der Waals surface area (Å²) in [6.45, 7) is -0.332.